The number of hydrogen-bond acceptors (Lipinski definition) is 6. The Labute approximate surface area is 152 Å². The fourth-order valence-corrected chi connectivity index (χ4v) is 2.52. The molecule has 0 spiro atoms. The van der Waals surface area contributed by atoms with Gasteiger partial charge >= 0.3 is 12.0 Å². The molecule has 0 saturated heterocycles. The number of ether oxygens (including phenoxy) is 1. The summed E-state index contributed by atoms with van der Waals surface area (Å²) in [5.41, 5.74) is 2.90. The number of rotatable bonds is 5. The van der Waals surface area contributed by atoms with Gasteiger partial charge in [-0.25, -0.2) is 14.6 Å². The number of urea groups is 1. The zero-order chi connectivity index (χ0) is 18.2. The van der Waals surface area contributed by atoms with E-state index in [0.29, 0.717) is 5.69 Å². The molecule has 0 unspecified atom stereocenters. The maximum atomic E-state index is 12.5. The first-order valence-electron chi connectivity index (χ1n) is 7.19. The first kappa shape index (κ1) is 18.7. The number of carbonyl (C=O) groups excluding carboxylic acids is 3. The Morgan fingerprint density at radius 2 is 2.00 bits per heavy atom. The second kappa shape index (κ2) is 9.00. The van der Waals surface area contributed by atoms with Crippen LogP contribution < -0.4 is 15.8 Å². The molecule has 1 heterocycles. The Balaban J connectivity index is 2.22. The van der Waals surface area contributed by atoms with Crippen LogP contribution in [-0.2, 0) is 9.53 Å². The molecule has 2 N–H and O–H groups in total. The number of amides is 3. The number of esters is 1. The molecule has 25 heavy (non-hydrogen) atoms. The molecule has 132 valence electrons. The van der Waals surface area contributed by atoms with Crippen molar-refractivity contribution in [3.05, 3.63) is 41.4 Å². The van der Waals surface area contributed by atoms with Gasteiger partial charge in [0, 0.05) is 11.1 Å². The predicted molar refractivity (Wildman–Crippen MR) is 94.9 cm³/mol. The van der Waals surface area contributed by atoms with Gasteiger partial charge in [-0.1, -0.05) is 18.2 Å². The van der Waals surface area contributed by atoms with E-state index >= 15 is 0 Å². The molecule has 0 aliphatic carbocycles. The molecule has 0 bridgehead atoms. The van der Waals surface area contributed by atoms with E-state index in [2.05, 4.69) is 15.7 Å². The molecule has 0 aliphatic rings. The van der Waals surface area contributed by atoms with Gasteiger partial charge in [-0.2, -0.15) is 5.01 Å². The van der Waals surface area contributed by atoms with Crippen LogP contribution in [-0.4, -0.2) is 35.4 Å². The van der Waals surface area contributed by atoms with Crippen molar-refractivity contribution < 1.29 is 19.1 Å². The van der Waals surface area contributed by atoms with Crippen molar-refractivity contribution in [2.24, 2.45) is 0 Å². The van der Waals surface area contributed by atoms with Crippen LogP contribution >= 0.6 is 22.9 Å². The van der Waals surface area contributed by atoms with Gasteiger partial charge in [0.15, 0.2) is 5.69 Å². The molecule has 1 aromatic heterocycles. The SMILES string of the molecule is CCOC(=O)c1csc(N(NC(=O)CCl)C(=O)Nc2ccccc2)n1. The number of alkyl halides is 1. The summed E-state index contributed by atoms with van der Waals surface area (Å²) < 4.78 is 4.86. The number of halogens is 1. The first-order valence-corrected chi connectivity index (χ1v) is 8.60. The third kappa shape index (κ3) is 5.16. The average molecular weight is 383 g/mol. The summed E-state index contributed by atoms with van der Waals surface area (Å²) in [5, 5.41) is 5.03. The van der Waals surface area contributed by atoms with E-state index in [4.69, 9.17) is 16.3 Å². The van der Waals surface area contributed by atoms with Crippen LogP contribution in [0.15, 0.2) is 35.7 Å². The van der Waals surface area contributed by atoms with Crippen LogP contribution in [0.3, 0.4) is 0 Å². The van der Waals surface area contributed by atoms with E-state index in [1.165, 1.54) is 5.38 Å². The maximum Gasteiger partial charge on any atom is 0.357 e. The summed E-state index contributed by atoms with van der Waals surface area (Å²) in [6.45, 7) is 1.87. The number of anilines is 2. The smallest absolute Gasteiger partial charge is 0.357 e. The number of nitrogens with one attached hydrogen (secondary N) is 2. The Kier molecular flexibility index (Phi) is 6.72. The van der Waals surface area contributed by atoms with Crippen LogP contribution in [0.2, 0.25) is 0 Å². The number of nitrogens with zero attached hydrogens (tertiary/aromatic N) is 2. The van der Waals surface area contributed by atoms with Gasteiger partial charge in [0.25, 0.3) is 5.91 Å². The van der Waals surface area contributed by atoms with E-state index in [-0.39, 0.29) is 23.3 Å². The topological polar surface area (TPSA) is 101 Å². The Morgan fingerprint density at radius 3 is 2.64 bits per heavy atom. The van der Waals surface area contributed by atoms with Crippen molar-refractivity contribution in [1.82, 2.24) is 10.4 Å². The van der Waals surface area contributed by atoms with E-state index in [1.807, 2.05) is 0 Å². The highest BCUT2D eigenvalue weighted by atomic mass is 35.5. The molecule has 3 amide bonds. The lowest BCUT2D eigenvalue weighted by molar-refractivity contribution is -0.118. The van der Waals surface area contributed by atoms with Crippen LogP contribution in [0, 0.1) is 0 Å². The van der Waals surface area contributed by atoms with Gasteiger partial charge in [0.05, 0.1) is 6.61 Å². The van der Waals surface area contributed by atoms with E-state index in [9.17, 15) is 14.4 Å². The number of carbonyl (C=O) groups is 3. The standard InChI is InChI=1S/C15H15ClN4O4S/c1-2-24-13(22)11-9-25-15(18-11)20(19-12(21)8-16)14(23)17-10-6-4-3-5-7-10/h3-7,9H,2,8H2,1H3,(H,17,23)(H,19,21). The van der Waals surface area contributed by atoms with Crippen LogP contribution in [0.4, 0.5) is 15.6 Å². The molecular formula is C15H15ClN4O4S. The lowest BCUT2D eigenvalue weighted by Gasteiger charge is -2.20. The second-order valence-corrected chi connectivity index (χ2v) is 5.64. The van der Waals surface area contributed by atoms with Gasteiger partial charge in [-0.3, -0.25) is 10.2 Å². The fraction of sp³-hybridized carbons (Fsp3) is 0.200. The van der Waals surface area contributed by atoms with Crippen LogP contribution in [0.25, 0.3) is 0 Å². The fourth-order valence-electron chi connectivity index (χ4n) is 1.71. The van der Waals surface area contributed by atoms with E-state index < -0.39 is 17.9 Å². The van der Waals surface area contributed by atoms with Gasteiger partial charge < -0.3 is 10.1 Å². The van der Waals surface area contributed by atoms with Crippen molar-refractivity contribution in [2.75, 3.05) is 22.8 Å². The van der Waals surface area contributed by atoms with Crippen molar-refractivity contribution >= 4 is 51.7 Å². The van der Waals surface area contributed by atoms with E-state index in [0.717, 1.165) is 16.3 Å². The highest BCUT2D eigenvalue weighted by Crippen LogP contribution is 2.21. The number of hydrazine groups is 1. The molecule has 1 aromatic carbocycles. The Morgan fingerprint density at radius 1 is 1.28 bits per heavy atom. The van der Waals surface area contributed by atoms with Crippen molar-refractivity contribution in [1.29, 1.82) is 0 Å². The largest absolute Gasteiger partial charge is 0.461 e. The number of hydrogen-bond donors (Lipinski definition) is 2. The van der Waals surface area contributed by atoms with Gasteiger partial charge in [0.2, 0.25) is 5.13 Å². The van der Waals surface area contributed by atoms with Gasteiger partial charge in [-0.15, -0.1) is 22.9 Å². The summed E-state index contributed by atoms with van der Waals surface area (Å²) in [5.74, 6) is -1.56. The monoisotopic (exact) mass is 382 g/mol. The summed E-state index contributed by atoms with van der Waals surface area (Å²) in [6, 6.07) is 8.01. The van der Waals surface area contributed by atoms with Gasteiger partial charge in [0.1, 0.15) is 5.88 Å². The summed E-state index contributed by atoms with van der Waals surface area (Å²) in [4.78, 5) is 39.8. The molecular weight excluding hydrogens is 368 g/mol. The molecule has 10 heteroatoms. The predicted octanol–water partition coefficient (Wildman–Crippen LogP) is 2.63. The number of aromatic nitrogens is 1. The second-order valence-electron chi connectivity index (χ2n) is 4.54. The highest BCUT2D eigenvalue weighted by molar-refractivity contribution is 7.14. The van der Waals surface area contributed by atoms with Crippen molar-refractivity contribution in [3.8, 4) is 0 Å². The lowest BCUT2D eigenvalue weighted by atomic mass is 10.3. The molecule has 2 aromatic rings. The maximum absolute atomic E-state index is 12.5. The summed E-state index contributed by atoms with van der Waals surface area (Å²) in [6.07, 6.45) is 0. The Hall–Kier alpha value is -2.65. The third-order valence-electron chi connectivity index (χ3n) is 2.75. The van der Waals surface area contributed by atoms with Gasteiger partial charge in [-0.05, 0) is 19.1 Å². The molecule has 0 atom stereocenters. The molecule has 0 saturated carbocycles. The molecule has 2 rings (SSSR count). The summed E-state index contributed by atoms with van der Waals surface area (Å²) in [7, 11) is 0. The minimum atomic E-state index is -0.658. The van der Waals surface area contributed by atoms with E-state index in [1.54, 1.807) is 37.3 Å². The first-order chi connectivity index (χ1) is 12.0. The Bertz CT molecular complexity index is 753. The minimum Gasteiger partial charge on any atom is -0.461 e. The molecule has 0 radical (unpaired) electrons. The quantitative estimate of drug-likeness (QED) is 0.470. The molecule has 0 fully saturated rings. The zero-order valence-corrected chi connectivity index (χ0v) is 14.8. The normalized spacial score (nSPS) is 10.0. The van der Waals surface area contributed by atoms with Crippen LogP contribution in [0.5, 0.6) is 0 Å². The average Bonchev–Trinajstić information content (AvgIpc) is 3.10. The molecule has 0 aliphatic heterocycles. The third-order valence-corrected chi connectivity index (χ3v) is 3.82. The summed E-state index contributed by atoms with van der Waals surface area (Å²) >= 11 is 6.48. The zero-order valence-electron chi connectivity index (χ0n) is 13.2. The van der Waals surface area contributed by atoms with Crippen molar-refractivity contribution in [2.45, 2.75) is 6.92 Å². The number of thiazole rings is 1. The highest BCUT2D eigenvalue weighted by Gasteiger charge is 2.23. The van der Waals surface area contributed by atoms with Crippen molar-refractivity contribution in [3.63, 3.8) is 0 Å². The minimum absolute atomic E-state index is 0.0412. The van der Waals surface area contributed by atoms with Crippen LogP contribution in [0.1, 0.15) is 17.4 Å². The molecule has 8 nitrogen and oxygen atoms in total. The number of para-hydroxylation sites is 1. The lowest BCUT2D eigenvalue weighted by Crippen LogP contribution is -2.49. The number of benzene rings is 1.